The summed E-state index contributed by atoms with van der Waals surface area (Å²) in [6.45, 7) is 14.2. The molecule has 4 bridgehead atoms. The first-order valence-corrected chi connectivity index (χ1v) is 15.4. The van der Waals surface area contributed by atoms with E-state index >= 15 is 13.2 Å². The second-order valence-corrected chi connectivity index (χ2v) is 13.2. The van der Waals surface area contributed by atoms with Crippen LogP contribution >= 0.6 is 0 Å². The molecule has 2 amide bonds. The fourth-order valence-corrected chi connectivity index (χ4v) is 4.49. The topological polar surface area (TPSA) is 143 Å². The summed E-state index contributed by atoms with van der Waals surface area (Å²) in [5, 5.41) is 7.18. The molecule has 0 saturated carbocycles. The molecule has 280 valence electrons. The molecule has 18 heteroatoms. The van der Waals surface area contributed by atoms with Crippen molar-refractivity contribution in [2.45, 2.75) is 96.4 Å². The number of allylic oxidation sites excluding steroid dienone is 2. The molecule has 12 nitrogen and oxygen atoms in total. The maximum atomic E-state index is 15.1. The largest absolute Gasteiger partial charge is 0.477 e. The number of carbonyl (C=O) groups excluding carboxylic acids is 3. The number of fused-ring (bicyclic) bond motifs is 5. The minimum Gasteiger partial charge on any atom is -0.477 e. The van der Waals surface area contributed by atoms with E-state index in [0.29, 0.717) is 0 Å². The number of anilines is 1. The summed E-state index contributed by atoms with van der Waals surface area (Å²) in [6, 6.07) is 0.288. The van der Waals surface area contributed by atoms with Gasteiger partial charge in [0.05, 0.1) is 18.9 Å². The van der Waals surface area contributed by atoms with Crippen molar-refractivity contribution in [3.63, 3.8) is 0 Å². The van der Waals surface area contributed by atoms with Gasteiger partial charge in [0.15, 0.2) is 5.69 Å². The predicted molar refractivity (Wildman–Crippen MR) is 169 cm³/mol. The molecule has 0 saturated heterocycles. The lowest BCUT2D eigenvalue weighted by Gasteiger charge is -2.32. The molecule has 0 radical (unpaired) electrons. The molecular weight excluding hydrogens is 694 g/mol. The average Bonchev–Trinajstić information content (AvgIpc) is 3.46. The number of ether oxygens (including phenoxy) is 4. The van der Waals surface area contributed by atoms with Gasteiger partial charge < -0.3 is 23.4 Å². The molecule has 0 spiro atoms. The number of aromatic nitrogens is 3. The van der Waals surface area contributed by atoms with Crippen LogP contribution in [0, 0.1) is 0 Å². The molecule has 1 unspecified atom stereocenters. The molecule has 51 heavy (non-hydrogen) atoms. The first-order chi connectivity index (χ1) is 23.4. The molecular formula is C33H38F6N4O8. The smallest absolute Gasteiger partial charge is 0.426 e. The number of nitrogens with zero attached hydrogens (tertiary/aromatic N) is 4. The number of carbonyl (C=O) groups is 3. The molecule has 3 rings (SSSR count). The SMILES string of the molecule is C=C/C=C(\C=C)COC1(C(F)(F)F)CCC(=O)CCCOc2nc(c(N(C(=O)OC(C)(C)C)C(=O)OC(C)(C)C)cc2C(F)(F)F)-c2nnc1o2. The molecule has 2 aromatic rings. The summed E-state index contributed by atoms with van der Waals surface area (Å²) in [5.74, 6) is -4.05. The fraction of sp³-hybridized carbons (Fsp3) is 0.515. The van der Waals surface area contributed by atoms with Crippen LogP contribution in [0.1, 0.15) is 78.7 Å². The van der Waals surface area contributed by atoms with Crippen molar-refractivity contribution < 1.29 is 64.1 Å². The highest BCUT2D eigenvalue weighted by atomic mass is 19.4. The van der Waals surface area contributed by atoms with Gasteiger partial charge in [0.2, 0.25) is 11.5 Å². The number of hydrogen-bond donors (Lipinski definition) is 0. The lowest BCUT2D eigenvalue weighted by Crippen LogP contribution is -2.46. The van der Waals surface area contributed by atoms with Crippen LogP contribution in [0.4, 0.5) is 41.6 Å². The van der Waals surface area contributed by atoms with Crippen molar-refractivity contribution in [2.75, 3.05) is 18.1 Å². The number of rotatable bonds is 6. The van der Waals surface area contributed by atoms with Gasteiger partial charge in [0.1, 0.15) is 22.5 Å². The van der Waals surface area contributed by atoms with E-state index in [1.807, 2.05) is 0 Å². The fourth-order valence-electron chi connectivity index (χ4n) is 4.49. The van der Waals surface area contributed by atoms with Gasteiger partial charge in [-0.2, -0.15) is 31.2 Å². The van der Waals surface area contributed by atoms with Crippen molar-refractivity contribution in [3.8, 4) is 17.5 Å². The number of pyridine rings is 1. The minimum atomic E-state index is -5.32. The van der Waals surface area contributed by atoms with E-state index in [2.05, 4.69) is 28.3 Å². The molecule has 3 heterocycles. The first kappa shape index (κ1) is 40.7. The molecule has 1 atom stereocenters. The van der Waals surface area contributed by atoms with E-state index < -0.39 is 108 Å². The van der Waals surface area contributed by atoms with Crippen LogP contribution in [0.15, 0.2) is 47.4 Å². The van der Waals surface area contributed by atoms with E-state index in [1.54, 1.807) is 0 Å². The van der Waals surface area contributed by atoms with Crippen LogP contribution in [-0.2, 0) is 30.8 Å². The van der Waals surface area contributed by atoms with Crippen molar-refractivity contribution in [1.82, 2.24) is 15.2 Å². The van der Waals surface area contributed by atoms with Crippen molar-refractivity contribution >= 4 is 23.7 Å². The maximum absolute atomic E-state index is 15.1. The monoisotopic (exact) mass is 732 g/mol. The third-order valence-corrected chi connectivity index (χ3v) is 6.77. The molecule has 1 aliphatic rings. The average molecular weight is 733 g/mol. The Hall–Kier alpha value is -4.74. The van der Waals surface area contributed by atoms with Gasteiger partial charge in [0, 0.05) is 19.3 Å². The summed E-state index contributed by atoms with van der Waals surface area (Å²) in [6.07, 6.45) is -12.2. The van der Waals surface area contributed by atoms with Crippen LogP contribution in [0.3, 0.4) is 0 Å². The van der Waals surface area contributed by atoms with Crippen LogP contribution in [-0.4, -0.2) is 63.7 Å². The van der Waals surface area contributed by atoms with E-state index in [4.69, 9.17) is 23.4 Å². The van der Waals surface area contributed by atoms with Crippen LogP contribution in [0.5, 0.6) is 5.88 Å². The minimum absolute atomic E-state index is 0.0769. The van der Waals surface area contributed by atoms with Gasteiger partial charge >= 0.3 is 24.5 Å². The molecule has 0 N–H and O–H groups in total. The van der Waals surface area contributed by atoms with Crippen LogP contribution in [0.25, 0.3) is 11.6 Å². The van der Waals surface area contributed by atoms with Crippen molar-refractivity contribution in [3.05, 3.63) is 54.5 Å². The molecule has 0 aromatic carbocycles. The van der Waals surface area contributed by atoms with Crippen LogP contribution < -0.4 is 9.64 Å². The second kappa shape index (κ2) is 15.2. The van der Waals surface area contributed by atoms with E-state index in [0.717, 1.165) is 0 Å². The standard InChI is InChI=1S/C33H38F6N4O8/c1-9-12-19(10-2)18-48-31(33(37,38)39)15-14-20(44)13-11-16-47-24-21(32(34,35)36)17-22(23(40-24)25-41-42-26(31)49-25)43(27(45)50-29(3,4)5)28(46)51-30(6,7)8/h9-10,12,17H,1-2,11,13-16,18H2,3-8H3/b19-12+. The summed E-state index contributed by atoms with van der Waals surface area (Å²) in [4.78, 5) is 43.7. The van der Waals surface area contributed by atoms with Crippen molar-refractivity contribution in [2.24, 2.45) is 0 Å². The van der Waals surface area contributed by atoms with Crippen LogP contribution in [0.2, 0.25) is 0 Å². The van der Waals surface area contributed by atoms with Gasteiger partial charge in [0.25, 0.3) is 11.8 Å². The molecule has 0 aliphatic carbocycles. The van der Waals surface area contributed by atoms with E-state index in [9.17, 15) is 27.6 Å². The summed E-state index contributed by atoms with van der Waals surface area (Å²) in [7, 11) is 0. The maximum Gasteiger partial charge on any atom is 0.426 e. The zero-order valence-electron chi connectivity index (χ0n) is 28.8. The summed E-state index contributed by atoms with van der Waals surface area (Å²) >= 11 is 0. The predicted octanol–water partition coefficient (Wildman–Crippen LogP) is 8.42. The molecule has 0 fully saturated rings. The normalized spacial score (nSPS) is 17.9. The highest BCUT2D eigenvalue weighted by Crippen LogP contribution is 2.48. The number of imide groups is 1. The van der Waals surface area contributed by atoms with Gasteiger partial charge in [-0.05, 0) is 59.6 Å². The number of halogens is 6. The number of ketones is 1. The number of Topliss-reactive ketones (excluding diaryl/α,β-unsaturated/α-hetero) is 1. The van der Waals surface area contributed by atoms with Crippen molar-refractivity contribution in [1.29, 1.82) is 0 Å². The Balaban J connectivity index is 2.44. The number of hydrogen-bond acceptors (Lipinski definition) is 11. The highest BCUT2D eigenvalue weighted by Gasteiger charge is 2.61. The summed E-state index contributed by atoms with van der Waals surface area (Å²) < 4.78 is 116. The van der Waals surface area contributed by atoms with Gasteiger partial charge in [-0.15, -0.1) is 10.2 Å². The third kappa shape index (κ3) is 10.2. The first-order valence-electron chi connectivity index (χ1n) is 15.4. The Morgan fingerprint density at radius 2 is 1.59 bits per heavy atom. The molecule has 1 aliphatic heterocycles. The van der Waals surface area contributed by atoms with Gasteiger partial charge in [-0.3, -0.25) is 4.79 Å². The zero-order valence-corrected chi connectivity index (χ0v) is 28.8. The van der Waals surface area contributed by atoms with E-state index in [1.165, 1.54) is 59.8 Å². The van der Waals surface area contributed by atoms with Gasteiger partial charge in [-0.1, -0.05) is 31.4 Å². The molecule has 2 aromatic heterocycles. The lowest BCUT2D eigenvalue weighted by atomic mass is 9.93. The highest BCUT2D eigenvalue weighted by molar-refractivity contribution is 6.11. The lowest BCUT2D eigenvalue weighted by molar-refractivity contribution is -0.292. The van der Waals surface area contributed by atoms with E-state index in [-0.39, 0.29) is 29.4 Å². The number of alkyl halides is 6. The Labute approximate surface area is 289 Å². The number of amides is 2. The Morgan fingerprint density at radius 3 is 2.10 bits per heavy atom. The quantitative estimate of drug-likeness (QED) is 0.209. The summed E-state index contributed by atoms with van der Waals surface area (Å²) in [5.41, 5.74) is -9.39. The van der Waals surface area contributed by atoms with Gasteiger partial charge in [-0.25, -0.2) is 14.6 Å². The second-order valence-electron chi connectivity index (χ2n) is 13.2. The Morgan fingerprint density at radius 1 is 0.980 bits per heavy atom. The Bertz CT molecular complexity index is 1640. The third-order valence-electron chi connectivity index (χ3n) is 6.77. The zero-order chi connectivity index (χ0) is 38.6. The Kier molecular flexibility index (Phi) is 12.2.